The van der Waals surface area contributed by atoms with E-state index in [0.29, 0.717) is 5.92 Å². The summed E-state index contributed by atoms with van der Waals surface area (Å²) in [7, 11) is 1.31. The Balaban J connectivity index is 1.73. The third kappa shape index (κ3) is 2.60. The molecule has 2 fully saturated rings. The van der Waals surface area contributed by atoms with Gasteiger partial charge in [-0.05, 0) is 61.5 Å². The van der Waals surface area contributed by atoms with Crippen molar-refractivity contribution in [1.29, 1.82) is 0 Å². The van der Waals surface area contributed by atoms with E-state index in [1.54, 1.807) is 0 Å². The van der Waals surface area contributed by atoms with Crippen LogP contribution < -0.4 is 0 Å². The van der Waals surface area contributed by atoms with E-state index in [2.05, 4.69) is 24.3 Å². The van der Waals surface area contributed by atoms with Gasteiger partial charge in [0.1, 0.15) is 0 Å². The molecule has 1 nitrogen and oxygen atoms in total. The summed E-state index contributed by atoms with van der Waals surface area (Å²) in [4.78, 5) is 0. The quantitative estimate of drug-likeness (QED) is 0.826. The molecule has 4 unspecified atom stereocenters. The van der Waals surface area contributed by atoms with Gasteiger partial charge in [0, 0.05) is 10.2 Å². The molecule has 0 aliphatic heterocycles. The van der Waals surface area contributed by atoms with Gasteiger partial charge in [0.05, 0.1) is 5.60 Å². The van der Waals surface area contributed by atoms with Crippen LogP contribution in [0.15, 0.2) is 24.3 Å². The zero-order valence-electron chi connectivity index (χ0n) is 12.9. The highest BCUT2D eigenvalue weighted by atomic mass is 28.1. The van der Waals surface area contributed by atoms with Gasteiger partial charge in [-0.3, -0.25) is 0 Å². The van der Waals surface area contributed by atoms with Crippen LogP contribution in [-0.4, -0.2) is 15.3 Å². The molecule has 2 aliphatic carbocycles. The van der Waals surface area contributed by atoms with Crippen LogP contribution in [0.5, 0.6) is 0 Å². The van der Waals surface area contributed by atoms with Crippen molar-refractivity contribution in [2.75, 3.05) is 0 Å². The summed E-state index contributed by atoms with van der Waals surface area (Å²) in [5.74, 6) is 2.14. The van der Waals surface area contributed by atoms with Crippen LogP contribution in [0.4, 0.5) is 0 Å². The Hall–Kier alpha value is -0.603. The molecular weight excluding hydrogens is 260 g/mol. The maximum absolute atomic E-state index is 11.1. The first-order valence-corrected chi connectivity index (χ1v) is 9.84. The van der Waals surface area contributed by atoms with Gasteiger partial charge in [-0.1, -0.05) is 43.2 Å². The highest BCUT2D eigenvalue weighted by Crippen LogP contribution is 2.54. The lowest BCUT2D eigenvalue weighted by Gasteiger charge is -2.36. The number of aliphatic hydroxyl groups is 1. The normalized spacial score (nSPS) is 31.6. The van der Waals surface area contributed by atoms with Crippen molar-refractivity contribution in [3.63, 3.8) is 0 Å². The molecule has 0 radical (unpaired) electrons. The monoisotopic (exact) mass is 288 g/mol. The fourth-order valence-electron chi connectivity index (χ4n) is 4.54. The molecule has 2 saturated carbocycles. The van der Waals surface area contributed by atoms with Gasteiger partial charge in [-0.15, -0.1) is 0 Å². The van der Waals surface area contributed by atoms with Gasteiger partial charge >= 0.3 is 0 Å². The first-order valence-electron chi connectivity index (χ1n) is 8.43. The highest BCUT2D eigenvalue weighted by molar-refractivity contribution is 6.08. The highest BCUT2D eigenvalue weighted by Gasteiger charge is 2.48. The topological polar surface area (TPSA) is 20.2 Å². The second kappa shape index (κ2) is 5.65. The number of hydrogen-bond donors (Lipinski definition) is 1. The van der Waals surface area contributed by atoms with Gasteiger partial charge in [0.25, 0.3) is 0 Å². The molecule has 2 heteroatoms. The van der Waals surface area contributed by atoms with Gasteiger partial charge in [-0.25, -0.2) is 0 Å². The summed E-state index contributed by atoms with van der Waals surface area (Å²) in [6.07, 6.45) is 7.84. The lowest BCUT2D eigenvalue weighted by molar-refractivity contribution is -0.0297. The molecule has 3 rings (SSSR count). The van der Waals surface area contributed by atoms with E-state index in [9.17, 15) is 5.11 Å². The number of aryl methyl sites for hydroxylation is 1. The molecule has 1 aromatic rings. The smallest absolute Gasteiger partial charge is 0.0899 e. The van der Waals surface area contributed by atoms with E-state index in [-0.39, 0.29) is 0 Å². The third-order valence-electron chi connectivity index (χ3n) is 5.82. The molecular formula is C18H28OSi. The fourth-order valence-corrected chi connectivity index (χ4v) is 4.89. The molecule has 0 spiro atoms. The second-order valence-electron chi connectivity index (χ2n) is 7.23. The number of fused-ring (bicyclic) bond motifs is 2. The van der Waals surface area contributed by atoms with Gasteiger partial charge in [0.15, 0.2) is 0 Å². The predicted octanol–water partition coefficient (Wildman–Crippen LogP) is 3.05. The van der Waals surface area contributed by atoms with Crippen molar-refractivity contribution in [3.8, 4) is 0 Å². The Bertz CT molecular complexity index is 451. The summed E-state index contributed by atoms with van der Waals surface area (Å²) in [5.41, 5.74) is 1.92. The lowest BCUT2D eigenvalue weighted by Crippen LogP contribution is -2.35. The Morgan fingerprint density at radius 2 is 1.95 bits per heavy atom. The summed E-state index contributed by atoms with van der Waals surface area (Å²) >= 11 is 0. The van der Waals surface area contributed by atoms with Crippen LogP contribution in [0.2, 0.25) is 6.04 Å². The summed E-state index contributed by atoms with van der Waals surface area (Å²) < 4.78 is 0. The molecule has 0 heterocycles. The minimum Gasteiger partial charge on any atom is -0.385 e. The summed E-state index contributed by atoms with van der Waals surface area (Å²) in [6, 6.07) is 10.2. The average Bonchev–Trinajstić information content (AvgIpc) is 3.08. The van der Waals surface area contributed by atoms with E-state index in [0.717, 1.165) is 17.4 Å². The largest absolute Gasteiger partial charge is 0.385 e. The maximum Gasteiger partial charge on any atom is 0.0899 e. The third-order valence-corrected chi connectivity index (χ3v) is 6.52. The van der Waals surface area contributed by atoms with Crippen molar-refractivity contribution < 1.29 is 5.11 Å². The predicted molar refractivity (Wildman–Crippen MR) is 88.0 cm³/mol. The summed E-state index contributed by atoms with van der Waals surface area (Å²) in [6.45, 7) is 2.05. The van der Waals surface area contributed by atoms with E-state index in [4.69, 9.17) is 0 Å². The molecule has 0 aromatic heterocycles. The Labute approximate surface area is 126 Å². The van der Waals surface area contributed by atoms with E-state index >= 15 is 0 Å². The first kappa shape index (κ1) is 14.3. The molecule has 2 aliphatic rings. The van der Waals surface area contributed by atoms with Crippen LogP contribution in [0.25, 0.3) is 0 Å². The van der Waals surface area contributed by atoms with Crippen molar-refractivity contribution in [3.05, 3.63) is 35.4 Å². The standard InChI is InChI=1S/C18H28OSi/c1-18(19,17-12-14-4-7-15(17)11-14)16-8-5-13(6-9-16)3-2-10-20/h5-6,8-9,14-15,17,19H,2-4,7,10-12H2,1,20H3. The van der Waals surface area contributed by atoms with E-state index < -0.39 is 5.60 Å². The fraction of sp³-hybridized carbons (Fsp3) is 0.667. The molecule has 1 N–H and O–H groups in total. The van der Waals surface area contributed by atoms with E-state index in [1.807, 2.05) is 6.92 Å². The second-order valence-corrected chi connectivity index (χ2v) is 8.23. The van der Waals surface area contributed by atoms with Crippen molar-refractivity contribution in [1.82, 2.24) is 0 Å². The zero-order valence-corrected chi connectivity index (χ0v) is 14.9. The van der Waals surface area contributed by atoms with Crippen LogP contribution in [-0.2, 0) is 12.0 Å². The Morgan fingerprint density at radius 3 is 2.50 bits per heavy atom. The molecule has 20 heavy (non-hydrogen) atoms. The Morgan fingerprint density at radius 1 is 1.20 bits per heavy atom. The molecule has 4 atom stereocenters. The van der Waals surface area contributed by atoms with Gasteiger partial charge < -0.3 is 5.11 Å². The van der Waals surface area contributed by atoms with Crippen molar-refractivity contribution in [2.45, 2.75) is 57.1 Å². The number of hydrogen-bond acceptors (Lipinski definition) is 1. The van der Waals surface area contributed by atoms with Crippen molar-refractivity contribution in [2.24, 2.45) is 17.8 Å². The van der Waals surface area contributed by atoms with Crippen LogP contribution in [0.3, 0.4) is 0 Å². The molecule has 0 amide bonds. The molecule has 2 bridgehead atoms. The zero-order chi connectivity index (χ0) is 14.2. The summed E-state index contributed by atoms with van der Waals surface area (Å²) in [5, 5.41) is 11.1. The molecule has 110 valence electrons. The first-order chi connectivity index (χ1) is 9.61. The van der Waals surface area contributed by atoms with Crippen molar-refractivity contribution >= 4 is 10.2 Å². The number of benzene rings is 1. The maximum atomic E-state index is 11.1. The minimum absolute atomic E-state index is 0.480. The lowest BCUT2D eigenvalue weighted by atomic mass is 9.73. The van der Waals surface area contributed by atoms with E-state index in [1.165, 1.54) is 60.4 Å². The van der Waals surface area contributed by atoms with Crippen LogP contribution >= 0.6 is 0 Å². The van der Waals surface area contributed by atoms with Gasteiger partial charge in [0.2, 0.25) is 0 Å². The SMILES string of the molecule is CC(O)(c1ccc(CCC[SiH3])cc1)C1CC2CCC1C2. The van der Waals surface area contributed by atoms with Crippen LogP contribution in [0, 0.1) is 17.8 Å². The molecule has 1 aromatic carbocycles. The van der Waals surface area contributed by atoms with Crippen LogP contribution in [0.1, 0.15) is 50.2 Å². The minimum atomic E-state index is -0.629. The molecule has 0 saturated heterocycles. The Kier molecular flexibility index (Phi) is 4.05. The van der Waals surface area contributed by atoms with Gasteiger partial charge in [-0.2, -0.15) is 0 Å². The number of rotatable bonds is 5. The average molecular weight is 289 g/mol.